The second kappa shape index (κ2) is 8.80. The Morgan fingerprint density at radius 3 is 1.59 bits per heavy atom. The van der Waals surface area contributed by atoms with Crippen LogP contribution >= 0.6 is 12.2 Å². The Balaban J connectivity index is 0. The van der Waals surface area contributed by atoms with E-state index in [1.54, 1.807) is 6.92 Å². The van der Waals surface area contributed by atoms with Gasteiger partial charge in [-0.3, -0.25) is 0 Å². The first-order chi connectivity index (χ1) is 7.48. The van der Waals surface area contributed by atoms with Crippen molar-refractivity contribution < 1.29 is 18.8 Å². The highest BCUT2D eigenvalue weighted by Gasteiger charge is 2.05. The Labute approximate surface area is 112 Å². The highest BCUT2D eigenvalue weighted by Crippen LogP contribution is 1.90. The molecule has 0 atom stereocenters. The van der Waals surface area contributed by atoms with Crippen LogP contribution in [-0.2, 0) is 4.74 Å². The summed E-state index contributed by atoms with van der Waals surface area (Å²) >= 11 is 4.75. The maximum absolute atomic E-state index is 8.39. The molecule has 0 radical (unpaired) electrons. The predicted octanol–water partition coefficient (Wildman–Crippen LogP) is 0.741. The van der Waals surface area contributed by atoms with E-state index in [0.29, 0.717) is 5.05 Å². The lowest BCUT2D eigenvalue weighted by Gasteiger charge is -2.23. The smallest absolute Gasteiger partial charge is 0.156 e. The summed E-state index contributed by atoms with van der Waals surface area (Å²) in [5.74, 6) is 0. The number of aliphatic hydroxyl groups excluding tert-OH is 1. The molecule has 0 aliphatic heterocycles. The first kappa shape index (κ1) is 19.1. The average molecular weight is 266 g/mol. The molecule has 1 N–H and O–H groups in total. The molecule has 0 aliphatic rings. The molecule has 0 aromatic heterocycles. The molecule has 0 saturated carbocycles. The zero-order valence-corrected chi connectivity index (χ0v) is 13.3. The highest BCUT2D eigenvalue weighted by molar-refractivity contribution is 7.80. The van der Waals surface area contributed by atoms with Gasteiger partial charge in [0.15, 0.2) is 5.05 Å². The first-order valence-electron chi connectivity index (χ1n) is 5.83. The molecular formula is C12H30N2O2S+2. The minimum Gasteiger partial charge on any atom is -0.481 e. The quantitative estimate of drug-likeness (QED) is 0.588. The van der Waals surface area contributed by atoms with Crippen LogP contribution in [0.15, 0.2) is 0 Å². The number of hydrogen-bond acceptors (Lipinski definition) is 3. The monoisotopic (exact) mass is 266 g/mol. The largest absolute Gasteiger partial charge is 0.481 e. The molecule has 0 unspecified atom stereocenters. The summed E-state index contributed by atoms with van der Waals surface area (Å²) in [5, 5.41) is 9.02. The minimum atomic E-state index is 0.281. The number of thiocarbonyl (C=S) groups is 1. The number of nitrogens with zero attached hydrogens (tertiary/aromatic N) is 2. The van der Waals surface area contributed by atoms with Crippen LogP contribution in [0, 0.1) is 0 Å². The highest BCUT2D eigenvalue weighted by atomic mass is 32.1. The Morgan fingerprint density at radius 2 is 1.41 bits per heavy atom. The molecule has 0 spiro atoms. The summed E-state index contributed by atoms with van der Waals surface area (Å²) in [7, 11) is 12.5. The molecule has 0 aliphatic carbocycles. The van der Waals surface area contributed by atoms with E-state index < -0.39 is 0 Å². The van der Waals surface area contributed by atoms with Crippen LogP contribution in [0.25, 0.3) is 0 Å². The molecule has 0 saturated heterocycles. The van der Waals surface area contributed by atoms with Gasteiger partial charge in [0.1, 0.15) is 19.7 Å². The maximum atomic E-state index is 8.39. The fourth-order valence-electron chi connectivity index (χ4n) is 0.763. The van der Waals surface area contributed by atoms with Crippen LogP contribution in [0.5, 0.6) is 0 Å². The van der Waals surface area contributed by atoms with Crippen molar-refractivity contribution in [3.63, 3.8) is 0 Å². The molecule has 0 heterocycles. The van der Waals surface area contributed by atoms with Crippen molar-refractivity contribution in [1.29, 1.82) is 0 Å². The molecule has 17 heavy (non-hydrogen) atoms. The van der Waals surface area contributed by atoms with Crippen molar-refractivity contribution in [2.75, 3.05) is 68.6 Å². The number of aliphatic hydroxyl groups is 1. The molecule has 0 aromatic rings. The predicted molar refractivity (Wildman–Crippen MR) is 77.1 cm³/mol. The molecule has 104 valence electrons. The molecule has 0 amide bonds. The number of likely N-dealkylation sites (N-methyl/N-ethyl adjacent to an activating group) is 2. The summed E-state index contributed by atoms with van der Waals surface area (Å²) in [6.45, 7) is 4.63. The average Bonchev–Trinajstić information content (AvgIpc) is 1.98. The standard InChI is InChI=1S/C7H16NOS.C5H14NO/c1-7(10)9-6-5-8(2,3)4;1-6(2,3)4-5-7/h5-6H2,1-4H3;7H,4-5H2,1-3H3/q2*+1. The van der Waals surface area contributed by atoms with E-state index in [0.717, 1.165) is 28.7 Å². The Kier molecular flexibility index (Phi) is 9.90. The number of ether oxygens (including phenoxy) is 1. The molecule has 0 aromatic carbocycles. The van der Waals surface area contributed by atoms with Crippen LogP contribution in [0.3, 0.4) is 0 Å². The molecule has 0 bridgehead atoms. The first-order valence-corrected chi connectivity index (χ1v) is 6.24. The lowest BCUT2D eigenvalue weighted by molar-refractivity contribution is -0.870. The number of rotatable bonds is 5. The Hall–Kier alpha value is -0.230. The lowest BCUT2D eigenvalue weighted by Crippen LogP contribution is -2.37. The van der Waals surface area contributed by atoms with Gasteiger partial charge in [-0.05, 0) is 12.2 Å². The molecule has 4 nitrogen and oxygen atoms in total. The van der Waals surface area contributed by atoms with Crippen molar-refractivity contribution in [2.45, 2.75) is 6.92 Å². The van der Waals surface area contributed by atoms with Crippen LogP contribution in [0.1, 0.15) is 6.92 Å². The van der Waals surface area contributed by atoms with E-state index in [4.69, 9.17) is 22.1 Å². The number of quaternary nitrogens is 2. The van der Waals surface area contributed by atoms with Gasteiger partial charge in [0.05, 0.1) is 48.9 Å². The molecule has 0 rings (SSSR count). The van der Waals surface area contributed by atoms with E-state index in [2.05, 4.69) is 42.3 Å². The van der Waals surface area contributed by atoms with Gasteiger partial charge in [-0.25, -0.2) is 0 Å². The van der Waals surface area contributed by atoms with E-state index in [-0.39, 0.29) is 6.61 Å². The van der Waals surface area contributed by atoms with Crippen molar-refractivity contribution in [1.82, 2.24) is 0 Å². The molecule has 0 fully saturated rings. The molecular weight excluding hydrogens is 236 g/mol. The summed E-state index contributed by atoms with van der Waals surface area (Å²) in [5.41, 5.74) is 0. The molecule has 5 heteroatoms. The van der Waals surface area contributed by atoms with Crippen LogP contribution in [0.4, 0.5) is 0 Å². The van der Waals surface area contributed by atoms with E-state index in [1.165, 1.54) is 0 Å². The van der Waals surface area contributed by atoms with Crippen molar-refractivity contribution in [3.05, 3.63) is 0 Å². The van der Waals surface area contributed by atoms with Gasteiger partial charge in [-0.2, -0.15) is 0 Å². The summed E-state index contributed by atoms with van der Waals surface area (Å²) < 4.78 is 6.90. The summed E-state index contributed by atoms with van der Waals surface area (Å²) in [6.07, 6.45) is 0. The summed E-state index contributed by atoms with van der Waals surface area (Å²) in [4.78, 5) is 0. The van der Waals surface area contributed by atoms with E-state index in [1.807, 2.05) is 0 Å². The van der Waals surface area contributed by atoms with Gasteiger partial charge < -0.3 is 18.8 Å². The van der Waals surface area contributed by atoms with Gasteiger partial charge in [-0.1, -0.05) is 0 Å². The minimum absolute atomic E-state index is 0.281. The van der Waals surface area contributed by atoms with Crippen molar-refractivity contribution in [2.24, 2.45) is 0 Å². The van der Waals surface area contributed by atoms with Gasteiger partial charge in [0.25, 0.3) is 0 Å². The van der Waals surface area contributed by atoms with E-state index in [9.17, 15) is 0 Å². The van der Waals surface area contributed by atoms with Gasteiger partial charge in [0, 0.05) is 6.92 Å². The van der Waals surface area contributed by atoms with Crippen LogP contribution in [0.2, 0.25) is 0 Å². The third-order valence-electron chi connectivity index (χ3n) is 1.84. The van der Waals surface area contributed by atoms with Crippen LogP contribution in [-0.4, -0.2) is 87.7 Å². The second-order valence-electron chi connectivity index (χ2n) is 6.09. The second-order valence-corrected chi connectivity index (χ2v) is 6.67. The topological polar surface area (TPSA) is 29.5 Å². The third-order valence-corrected chi connectivity index (χ3v) is 1.96. The number of hydrogen-bond donors (Lipinski definition) is 1. The van der Waals surface area contributed by atoms with Crippen molar-refractivity contribution in [3.8, 4) is 0 Å². The zero-order chi connectivity index (χ0) is 14.1. The van der Waals surface area contributed by atoms with Gasteiger partial charge >= 0.3 is 0 Å². The Morgan fingerprint density at radius 1 is 1.00 bits per heavy atom. The third kappa shape index (κ3) is 25.8. The van der Waals surface area contributed by atoms with Gasteiger partial charge in [0.2, 0.25) is 0 Å². The SMILES string of the molecule is CC(=S)OCC[N+](C)(C)C.C[N+](C)(C)CCO. The maximum Gasteiger partial charge on any atom is 0.156 e. The lowest BCUT2D eigenvalue weighted by atomic mass is 10.5. The normalized spacial score (nSPS) is 11.5. The Bertz CT molecular complexity index is 208. The van der Waals surface area contributed by atoms with Crippen molar-refractivity contribution >= 4 is 17.3 Å². The summed E-state index contributed by atoms with van der Waals surface area (Å²) in [6, 6.07) is 0. The van der Waals surface area contributed by atoms with Gasteiger partial charge in [-0.15, -0.1) is 0 Å². The fraction of sp³-hybridized carbons (Fsp3) is 0.917. The van der Waals surface area contributed by atoms with Crippen LogP contribution < -0.4 is 0 Å². The van der Waals surface area contributed by atoms with E-state index >= 15 is 0 Å². The fourth-order valence-corrected chi connectivity index (χ4v) is 0.847. The zero-order valence-electron chi connectivity index (χ0n) is 12.5.